The second-order valence-electron chi connectivity index (χ2n) is 6.66. The second-order valence-corrected chi connectivity index (χ2v) is 8.60. The van der Waals surface area contributed by atoms with Crippen molar-refractivity contribution in [2.45, 2.75) is 25.3 Å². The van der Waals surface area contributed by atoms with E-state index in [1.54, 1.807) is 44.6 Å². The molecule has 158 valence electrons. The van der Waals surface area contributed by atoms with Gasteiger partial charge in [-0.15, -0.1) is 0 Å². The number of aromatic hydroxyl groups is 1. The molecule has 0 aliphatic rings. The minimum atomic E-state index is -3.71. The van der Waals surface area contributed by atoms with E-state index in [4.69, 9.17) is 0 Å². The van der Waals surface area contributed by atoms with Gasteiger partial charge in [-0.25, -0.2) is 13.4 Å². The molecule has 1 aromatic heterocycles. The zero-order valence-corrected chi connectivity index (χ0v) is 17.6. The smallest absolute Gasteiger partial charge is 0.255 e. The predicted octanol–water partition coefficient (Wildman–Crippen LogP) is 2.92. The Labute approximate surface area is 175 Å². The fourth-order valence-corrected chi connectivity index (χ4v) is 4.57. The number of amides is 1. The van der Waals surface area contributed by atoms with Gasteiger partial charge in [0.2, 0.25) is 10.0 Å². The Bertz CT molecular complexity index is 1120. The minimum absolute atomic E-state index is 0.00755. The summed E-state index contributed by atoms with van der Waals surface area (Å²) in [5.41, 5.74) is 1.33. The molecule has 8 nitrogen and oxygen atoms in total. The van der Waals surface area contributed by atoms with Gasteiger partial charge < -0.3 is 15.0 Å². The molecule has 0 aliphatic carbocycles. The zero-order valence-electron chi connectivity index (χ0n) is 16.8. The summed E-state index contributed by atoms with van der Waals surface area (Å²) >= 11 is 0. The van der Waals surface area contributed by atoms with Crippen molar-refractivity contribution in [3.63, 3.8) is 0 Å². The number of phenols is 1. The van der Waals surface area contributed by atoms with E-state index in [1.807, 2.05) is 16.8 Å². The highest BCUT2D eigenvalue weighted by Gasteiger charge is 2.23. The Morgan fingerprint density at radius 2 is 1.93 bits per heavy atom. The quantitative estimate of drug-likeness (QED) is 0.537. The first-order chi connectivity index (χ1) is 14.3. The number of imidazole rings is 1. The van der Waals surface area contributed by atoms with E-state index in [0.717, 1.165) is 5.56 Å². The predicted molar refractivity (Wildman–Crippen MR) is 114 cm³/mol. The van der Waals surface area contributed by atoms with Crippen LogP contribution in [0.2, 0.25) is 0 Å². The van der Waals surface area contributed by atoms with Gasteiger partial charge in [0, 0.05) is 37.6 Å². The first-order valence-electron chi connectivity index (χ1n) is 9.54. The third-order valence-corrected chi connectivity index (χ3v) is 6.72. The number of benzene rings is 2. The highest BCUT2D eigenvalue weighted by atomic mass is 32.2. The standard InChI is InChI=1S/C21H24N4O4S/c1-3-25(4-2)30(28,29)18-8-9-20(26)19(13-18)23-21(27)17-7-5-6-16(12-17)14-24-11-10-22-15-24/h5-13,15,26H,3-4,14H2,1-2H3,(H,23,27). The molecular formula is C21H24N4O4S. The number of carbonyl (C=O) groups is 1. The average molecular weight is 429 g/mol. The van der Waals surface area contributed by atoms with Crippen LogP contribution in [0.25, 0.3) is 0 Å². The summed E-state index contributed by atoms with van der Waals surface area (Å²) in [6.07, 6.45) is 5.19. The lowest BCUT2D eigenvalue weighted by molar-refractivity contribution is 0.102. The molecule has 9 heteroatoms. The number of hydrogen-bond acceptors (Lipinski definition) is 5. The normalized spacial score (nSPS) is 11.6. The van der Waals surface area contributed by atoms with E-state index in [2.05, 4.69) is 10.3 Å². The third-order valence-electron chi connectivity index (χ3n) is 4.67. The molecule has 0 bridgehead atoms. The molecule has 0 radical (unpaired) electrons. The van der Waals surface area contributed by atoms with Crippen LogP contribution in [0.5, 0.6) is 5.75 Å². The molecule has 0 fully saturated rings. The van der Waals surface area contributed by atoms with Crippen LogP contribution in [-0.4, -0.2) is 46.4 Å². The SMILES string of the molecule is CCN(CC)S(=O)(=O)c1ccc(O)c(NC(=O)c2cccc(Cn3ccnc3)c2)c1. The summed E-state index contributed by atoms with van der Waals surface area (Å²) in [5.74, 6) is -0.661. The lowest BCUT2D eigenvalue weighted by atomic mass is 10.1. The number of carbonyl (C=O) groups excluding carboxylic acids is 1. The fraction of sp³-hybridized carbons (Fsp3) is 0.238. The zero-order chi connectivity index (χ0) is 21.7. The van der Waals surface area contributed by atoms with E-state index >= 15 is 0 Å². The molecule has 0 unspecified atom stereocenters. The van der Waals surface area contributed by atoms with Gasteiger partial charge in [0.1, 0.15) is 5.75 Å². The van der Waals surface area contributed by atoms with Gasteiger partial charge in [-0.1, -0.05) is 26.0 Å². The number of nitrogens with zero attached hydrogens (tertiary/aromatic N) is 3. The van der Waals surface area contributed by atoms with E-state index in [9.17, 15) is 18.3 Å². The van der Waals surface area contributed by atoms with Gasteiger partial charge in [-0.2, -0.15) is 4.31 Å². The van der Waals surface area contributed by atoms with Crippen molar-refractivity contribution in [1.82, 2.24) is 13.9 Å². The number of phenolic OH excluding ortho intramolecular Hbond substituents is 1. The monoisotopic (exact) mass is 428 g/mol. The van der Waals surface area contributed by atoms with Gasteiger partial charge in [0.15, 0.2) is 0 Å². The molecule has 1 amide bonds. The maximum atomic E-state index is 12.7. The van der Waals surface area contributed by atoms with Crippen LogP contribution in [0.4, 0.5) is 5.69 Å². The molecule has 3 rings (SSSR count). The van der Waals surface area contributed by atoms with Crippen LogP contribution in [0.1, 0.15) is 29.8 Å². The minimum Gasteiger partial charge on any atom is -0.506 e. The van der Waals surface area contributed by atoms with E-state index < -0.39 is 15.9 Å². The second kappa shape index (κ2) is 9.10. The van der Waals surface area contributed by atoms with E-state index in [0.29, 0.717) is 25.2 Å². The van der Waals surface area contributed by atoms with Crippen molar-refractivity contribution >= 4 is 21.6 Å². The van der Waals surface area contributed by atoms with Gasteiger partial charge in [-0.05, 0) is 35.9 Å². The highest BCUT2D eigenvalue weighted by molar-refractivity contribution is 7.89. The molecule has 30 heavy (non-hydrogen) atoms. The van der Waals surface area contributed by atoms with Crippen LogP contribution in [0.15, 0.2) is 66.1 Å². The summed E-state index contributed by atoms with van der Waals surface area (Å²) < 4.78 is 28.7. The van der Waals surface area contributed by atoms with Crippen molar-refractivity contribution in [3.05, 3.63) is 72.3 Å². The maximum absolute atomic E-state index is 12.7. The topological polar surface area (TPSA) is 105 Å². The molecule has 0 saturated carbocycles. The number of nitrogens with one attached hydrogen (secondary N) is 1. The number of rotatable bonds is 8. The summed E-state index contributed by atoms with van der Waals surface area (Å²) in [4.78, 5) is 16.7. The Morgan fingerprint density at radius 3 is 2.60 bits per heavy atom. The van der Waals surface area contributed by atoms with E-state index in [-0.39, 0.29) is 16.3 Å². The van der Waals surface area contributed by atoms with Crippen LogP contribution in [0, 0.1) is 0 Å². The van der Waals surface area contributed by atoms with Crippen molar-refractivity contribution in [2.75, 3.05) is 18.4 Å². The Hall–Kier alpha value is -3.17. The first-order valence-corrected chi connectivity index (χ1v) is 11.0. The number of hydrogen-bond donors (Lipinski definition) is 2. The number of sulfonamides is 1. The molecule has 0 saturated heterocycles. The summed E-state index contributed by atoms with van der Waals surface area (Å²) in [7, 11) is -3.71. The molecule has 0 spiro atoms. The molecule has 3 aromatic rings. The lowest BCUT2D eigenvalue weighted by Gasteiger charge is -2.19. The summed E-state index contributed by atoms with van der Waals surface area (Å²) in [5, 5.41) is 12.8. The number of anilines is 1. The van der Waals surface area contributed by atoms with Gasteiger partial charge in [0.25, 0.3) is 5.91 Å². The van der Waals surface area contributed by atoms with Crippen molar-refractivity contribution in [2.24, 2.45) is 0 Å². The summed E-state index contributed by atoms with van der Waals surface area (Å²) in [6, 6.07) is 10.9. The van der Waals surface area contributed by atoms with Crippen LogP contribution < -0.4 is 5.32 Å². The Morgan fingerprint density at radius 1 is 1.17 bits per heavy atom. The third kappa shape index (κ3) is 4.69. The molecule has 1 heterocycles. The summed E-state index contributed by atoms with van der Waals surface area (Å²) in [6.45, 7) is 4.71. The van der Waals surface area contributed by atoms with Crippen LogP contribution >= 0.6 is 0 Å². The molecule has 2 N–H and O–H groups in total. The fourth-order valence-electron chi connectivity index (χ4n) is 3.08. The van der Waals surface area contributed by atoms with Crippen molar-refractivity contribution < 1.29 is 18.3 Å². The largest absolute Gasteiger partial charge is 0.506 e. The van der Waals surface area contributed by atoms with Gasteiger partial charge >= 0.3 is 0 Å². The highest BCUT2D eigenvalue weighted by Crippen LogP contribution is 2.28. The van der Waals surface area contributed by atoms with Gasteiger partial charge in [0.05, 0.1) is 16.9 Å². The molecule has 0 atom stereocenters. The van der Waals surface area contributed by atoms with Crippen LogP contribution in [0.3, 0.4) is 0 Å². The molecule has 0 aliphatic heterocycles. The molecule has 2 aromatic carbocycles. The van der Waals surface area contributed by atoms with E-state index in [1.165, 1.54) is 22.5 Å². The Balaban J connectivity index is 1.83. The average Bonchev–Trinajstić information content (AvgIpc) is 3.23. The van der Waals surface area contributed by atoms with Gasteiger partial charge in [-0.3, -0.25) is 4.79 Å². The van der Waals surface area contributed by atoms with Crippen molar-refractivity contribution in [1.29, 1.82) is 0 Å². The number of aromatic nitrogens is 2. The van der Waals surface area contributed by atoms with Crippen molar-refractivity contribution in [3.8, 4) is 5.75 Å². The lowest BCUT2D eigenvalue weighted by Crippen LogP contribution is -2.30. The Kier molecular flexibility index (Phi) is 6.53. The van der Waals surface area contributed by atoms with Crippen LogP contribution in [-0.2, 0) is 16.6 Å². The molecular weight excluding hydrogens is 404 g/mol. The first kappa shape index (κ1) is 21.5. The maximum Gasteiger partial charge on any atom is 0.255 e.